The van der Waals surface area contributed by atoms with Crippen molar-refractivity contribution < 1.29 is 9.18 Å². The molecule has 3 nitrogen and oxygen atoms in total. The first-order chi connectivity index (χ1) is 12.2. The zero-order valence-electron chi connectivity index (χ0n) is 15.0. The summed E-state index contributed by atoms with van der Waals surface area (Å²) in [6, 6.07) is 10.8. The summed E-state index contributed by atoms with van der Waals surface area (Å²) in [7, 11) is 0. The Morgan fingerprint density at radius 3 is 2.76 bits per heavy atom. The van der Waals surface area contributed by atoms with Crippen molar-refractivity contribution in [2.45, 2.75) is 52.1 Å². The molecule has 1 amide bonds. The molecule has 1 aliphatic carbocycles. The lowest BCUT2D eigenvalue weighted by Crippen LogP contribution is -2.36. The van der Waals surface area contributed by atoms with E-state index in [9.17, 15) is 9.18 Å². The molecular weight excluding hydrogens is 315 g/mol. The van der Waals surface area contributed by atoms with Crippen LogP contribution in [-0.2, 0) is 17.9 Å². The number of halogens is 1. The van der Waals surface area contributed by atoms with Crippen LogP contribution in [0.4, 0.5) is 4.39 Å². The smallest absolute Gasteiger partial charge is 0.226 e. The van der Waals surface area contributed by atoms with E-state index in [1.807, 2.05) is 23.2 Å². The molecule has 0 N–H and O–H groups in total. The number of hydrogen-bond acceptors (Lipinski definition) is 1. The van der Waals surface area contributed by atoms with E-state index in [2.05, 4.69) is 17.6 Å². The minimum absolute atomic E-state index is 0.207. The number of aromatic nitrogens is 1. The van der Waals surface area contributed by atoms with Gasteiger partial charge in [-0.15, -0.1) is 0 Å². The minimum atomic E-state index is -0.213. The van der Waals surface area contributed by atoms with Gasteiger partial charge in [0.15, 0.2) is 0 Å². The van der Waals surface area contributed by atoms with E-state index < -0.39 is 0 Å². The van der Waals surface area contributed by atoms with Gasteiger partial charge >= 0.3 is 0 Å². The average Bonchev–Trinajstić information content (AvgIpc) is 3.26. The number of carbonyl (C=O) groups is 1. The van der Waals surface area contributed by atoms with Crippen LogP contribution >= 0.6 is 0 Å². The Bertz CT molecular complexity index is 703. The Morgan fingerprint density at radius 1 is 1.24 bits per heavy atom. The van der Waals surface area contributed by atoms with Gasteiger partial charge in [-0.05, 0) is 49.1 Å². The maximum Gasteiger partial charge on any atom is 0.226 e. The number of amides is 1. The molecule has 1 aromatic heterocycles. The standard InChI is InChI=1S/C21H27FN2O/c1-2-12-24(21(25)18-8-3-4-9-18)16-20-11-6-13-23(20)15-17-7-5-10-19(22)14-17/h5-7,10-11,13-14,18H,2-4,8-9,12,15-16H2,1H3. The first kappa shape index (κ1) is 17.7. The first-order valence-corrected chi connectivity index (χ1v) is 9.34. The van der Waals surface area contributed by atoms with Crippen molar-refractivity contribution in [3.8, 4) is 0 Å². The van der Waals surface area contributed by atoms with Gasteiger partial charge < -0.3 is 9.47 Å². The Hall–Kier alpha value is -2.10. The maximum atomic E-state index is 13.4. The molecule has 0 saturated heterocycles. The fourth-order valence-electron chi connectivity index (χ4n) is 3.74. The molecular formula is C21H27FN2O. The van der Waals surface area contributed by atoms with Gasteiger partial charge in [0.05, 0.1) is 6.54 Å². The summed E-state index contributed by atoms with van der Waals surface area (Å²) in [5.74, 6) is 0.297. The topological polar surface area (TPSA) is 25.2 Å². The van der Waals surface area contributed by atoms with E-state index >= 15 is 0 Å². The van der Waals surface area contributed by atoms with Crippen LogP contribution in [-0.4, -0.2) is 21.9 Å². The van der Waals surface area contributed by atoms with Gasteiger partial charge in [-0.3, -0.25) is 4.79 Å². The molecule has 0 bridgehead atoms. The van der Waals surface area contributed by atoms with E-state index in [1.54, 1.807) is 12.1 Å². The van der Waals surface area contributed by atoms with Crippen LogP contribution in [0.1, 0.15) is 50.3 Å². The van der Waals surface area contributed by atoms with Crippen molar-refractivity contribution in [1.82, 2.24) is 9.47 Å². The molecule has 1 aliphatic rings. The third kappa shape index (κ3) is 4.50. The van der Waals surface area contributed by atoms with Gasteiger partial charge in [0, 0.05) is 30.9 Å². The van der Waals surface area contributed by atoms with Gasteiger partial charge in [0.1, 0.15) is 5.82 Å². The number of hydrogen-bond donors (Lipinski definition) is 0. The Balaban J connectivity index is 1.72. The highest BCUT2D eigenvalue weighted by Gasteiger charge is 2.27. The van der Waals surface area contributed by atoms with E-state index in [0.29, 0.717) is 19.0 Å². The highest BCUT2D eigenvalue weighted by atomic mass is 19.1. The van der Waals surface area contributed by atoms with Gasteiger partial charge in [-0.25, -0.2) is 4.39 Å². The lowest BCUT2D eigenvalue weighted by molar-refractivity contribution is -0.136. The summed E-state index contributed by atoms with van der Waals surface area (Å²) < 4.78 is 15.5. The number of carbonyl (C=O) groups excluding carboxylic acids is 1. The SMILES string of the molecule is CCCN(Cc1cccn1Cc1cccc(F)c1)C(=O)C1CCCC1. The normalized spacial score (nSPS) is 14.8. The van der Waals surface area contributed by atoms with Crippen molar-refractivity contribution in [3.63, 3.8) is 0 Å². The molecule has 0 unspecified atom stereocenters. The fraction of sp³-hybridized carbons (Fsp3) is 0.476. The molecule has 0 radical (unpaired) electrons. The van der Waals surface area contributed by atoms with Crippen LogP contribution < -0.4 is 0 Å². The van der Waals surface area contributed by atoms with Crippen LogP contribution in [0, 0.1) is 11.7 Å². The van der Waals surface area contributed by atoms with Gasteiger partial charge in [-0.2, -0.15) is 0 Å². The van der Waals surface area contributed by atoms with E-state index in [0.717, 1.165) is 37.1 Å². The van der Waals surface area contributed by atoms with Crippen LogP contribution in [0.5, 0.6) is 0 Å². The van der Waals surface area contributed by atoms with Gasteiger partial charge in [0.25, 0.3) is 0 Å². The monoisotopic (exact) mass is 342 g/mol. The predicted molar refractivity (Wildman–Crippen MR) is 97.6 cm³/mol. The maximum absolute atomic E-state index is 13.4. The summed E-state index contributed by atoms with van der Waals surface area (Å²) in [6.45, 7) is 4.16. The lowest BCUT2D eigenvalue weighted by atomic mass is 10.1. The number of rotatable bonds is 7. The highest BCUT2D eigenvalue weighted by Crippen LogP contribution is 2.27. The van der Waals surface area contributed by atoms with Crippen molar-refractivity contribution in [2.75, 3.05) is 6.54 Å². The van der Waals surface area contributed by atoms with E-state index in [4.69, 9.17) is 0 Å². The Labute approximate surface area is 149 Å². The van der Waals surface area contributed by atoms with Crippen molar-refractivity contribution in [1.29, 1.82) is 0 Å². The van der Waals surface area contributed by atoms with E-state index in [1.165, 1.54) is 18.9 Å². The van der Waals surface area contributed by atoms with Crippen molar-refractivity contribution in [2.24, 2.45) is 5.92 Å². The summed E-state index contributed by atoms with van der Waals surface area (Å²) in [5.41, 5.74) is 2.03. The molecule has 0 spiro atoms. The third-order valence-electron chi connectivity index (χ3n) is 5.03. The Morgan fingerprint density at radius 2 is 2.04 bits per heavy atom. The molecule has 1 heterocycles. The summed E-state index contributed by atoms with van der Waals surface area (Å²) in [5, 5.41) is 0. The molecule has 25 heavy (non-hydrogen) atoms. The van der Waals surface area contributed by atoms with Gasteiger partial charge in [0.2, 0.25) is 5.91 Å². The molecule has 0 aliphatic heterocycles. The van der Waals surface area contributed by atoms with Crippen molar-refractivity contribution in [3.05, 3.63) is 59.7 Å². The molecule has 1 fully saturated rings. The highest BCUT2D eigenvalue weighted by molar-refractivity contribution is 5.79. The van der Waals surface area contributed by atoms with E-state index in [-0.39, 0.29) is 11.7 Å². The molecule has 134 valence electrons. The summed E-state index contributed by atoms with van der Waals surface area (Å²) in [6.07, 6.45) is 7.37. The summed E-state index contributed by atoms with van der Waals surface area (Å²) in [4.78, 5) is 14.9. The molecule has 1 aromatic carbocycles. The zero-order chi connectivity index (χ0) is 17.6. The number of nitrogens with zero attached hydrogens (tertiary/aromatic N) is 2. The van der Waals surface area contributed by atoms with Crippen LogP contribution in [0.15, 0.2) is 42.6 Å². The largest absolute Gasteiger partial charge is 0.345 e. The Kier molecular flexibility index (Phi) is 5.90. The first-order valence-electron chi connectivity index (χ1n) is 9.34. The number of benzene rings is 1. The van der Waals surface area contributed by atoms with Crippen LogP contribution in [0.3, 0.4) is 0 Å². The second-order valence-electron chi connectivity index (χ2n) is 7.00. The molecule has 4 heteroatoms. The predicted octanol–water partition coefficient (Wildman–Crippen LogP) is 4.60. The lowest BCUT2D eigenvalue weighted by Gasteiger charge is -2.26. The van der Waals surface area contributed by atoms with Crippen LogP contribution in [0.25, 0.3) is 0 Å². The third-order valence-corrected chi connectivity index (χ3v) is 5.03. The molecule has 3 rings (SSSR count). The average molecular weight is 342 g/mol. The van der Waals surface area contributed by atoms with Crippen molar-refractivity contribution >= 4 is 5.91 Å². The minimum Gasteiger partial charge on any atom is -0.345 e. The fourth-order valence-corrected chi connectivity index (χ4v) is 3.74. The quantitative estimate of drug-likeness (QED) is 0.722. The van der Waals surface area contributed by atoms with Gasteiger partial charge in [-0.1, -0.05) is 31.9 Å². The molecule has 1 saturated carbocycles. The zero-order valence-corrected chi connectivity index (χ0v) is 15.0. The second kappa shape index (κ2) is 8.32. The second-order valence-corrected chi connectivity index (χ2v) is 7.00. The molecule has 0 atom stereocenters. The van der Waals surface area contributed by atoms with Crippen LogP contribution in [0.2, 0.25) is 0 Å². The summed E-state index contributed by atoms with van der Waals surface area (Å²) >= 11 is 0. The molecule has 2 aromatic rings.